The number of rotatable bonds is 25. The maximum atomic E-state index is 2.42. The van der Waals surface area contributed by atoms with E-state index in [0.29, 0.717) is 0 Å². The van der Waals surface area contributed by atoms with Gasteiger partial charge in [-0.1, -0.05) is 141 Å². The molecule has 0 amide bonds. The van der Waals surface area contributed by atoms with Crippen molar-refractivity contribution in [1.82, 2.24) is 0 Å². The van der Waals surface area contributed by atoms with Gasteiger partial charge in [0.15, 0.2) is 0 Å². The summed E-state index contributed by atoms with van der Waals surface area (Å²) in [5.74, 6) is 0. The van der Waals surface area contributed by atoms with Gasteiger partial charge in [0.05, 0.1) is 24.6 Å². The van der Waals surface area contributed by atoms with Crippen LogP contribution in [0.4, 0.5) is 0 Å². The van der Waals surface area contributed by atoms with Crippen LogP contribution in [0, 0.1) is 0 Å². The first-order chi connectivity index (χ1) is 16.8. The number of hydrogen-bond acceptors (Lipinski definition) is 0. The molecule has 35 heavy (non-hydrogen) atoms. The smallest absolute Gasteiger partial charge is 0.0842 e. The quantitative estimate of drug-likeness (QED) is 0.0883. The third-order valence-electron chi connectivity index (χ3n) is 7.82. The number of halogens is 1. The SMILES string of the molecule is CCCCCCCCCC[P+](CCCCCCCC)(CCCCCCCC)Cc1ccccc1.[Cl-]. The zero-order chi connectivity index (χ0) is 24.6. The fraction of sp³-hybridized carbons (Fsp3) is 0.818. The Balaban J connectivity index is 0.0000116. The molecule has 0 aromatic heterocycles. The minimum Gasteiger partial charge on any atom is -1.00 e. The van der Waals surface area contributed by atoms with E-state index in [9.17, 15) is 0 Å². The second kappa shape index (κ2) is 25.6. The zero-order valence-corrected chi connectivity index (χ0v) is 25.8. The first-order valence-electron chi connectivity index (χ1n) is 15.7. The second-order valence-electron chi connectivity index (χ2n) is 11.2. The third kappa shape index (κ3) is 19.7. The number of hydrogen-bond donors (Lipinski definition) is 0. The minimum absolute atomic E-state index is 0. The lowest BCUT2D eigenvalue weighted by Crippen LogP contribution is -3.00. The molecule has 0 nitrogen and oxygen atoms in total. The van der Waals surface area contributed by atoms with Gasteiger partial charge in [-0.05, 0) is 44.1 Å². The van der Waals surface area contributed by atoms with E-state index in [2.05, 4.69) is 51.1 Å². The standard InChI is InChI=1S/C33H62P.ClH/c1-4-7-10-13-16-17-20-26-31-34(29-24-18-14-11-8-5-2,30-25-19-15-12-9-6-3)32-33-27-22-21-23-28-33;/h21-23,27-28H,4-20,24-26,29-32H2,1-3H3;1H/q+1;/p-1. The molecule has 0 saturated heterocycles. The molecule has 0 aliphatic carbocycles. The van der Waals surface area contributed by atoms with Gasteiger partial charge in [-0.25, -0.2) is 0 Å². The molecular formula is C33H62ClP. The molecule has 0 atom stereocenters. The summed E-state index contributed by atoms with van der Waals surface area (Å²) in [6.45, 7) is 6.99. The van der Waals surface area contributed by atoms with Crippen LogP contribution in [0.15, 0.2) is 30.3 Å². The molecule has 0 heterocycles. The van der Waals surface area contributed by atoms with Crippen molar-refractivity contribution in [2.45, 2.75) is 155 Å². The zero-order valence-electron chi connectivity index (χ0n) is 24.2. The van der Waals surface area contributed by atoms with Crippen molar-refractivity contribution in [3.05, 3.63) is 35.9 Å². The molecule has 0 N–H and O–H groups in total. The molecule has 1 rings (SSSR count). The predicted molar refractivity (Wildman–Crippen MR) is 161 cm³/mol. The van der Waals surface area contributed by atoms with E-state index >= 15 is 0 Å². The molecule has 1 aromatic carbocycles. The molecule has 0 aliphatic heterocycles. The normalized spacial score (nSPS) is 11.5. The van der Waals surface area contributed by atoms with E-state index in [-0.39, 0.29) is 12.4 Å². The van der Waals surface area contributed by atoms with Crippen molar-refractivity contribution in [2.24, 2.45) is 0 Å². The van der Waals surface area contributed by atoms with Crippen molar-refractivity contribution >= 4 is 7.26 Å². The van der Waals surface area contributed by atoms with Gasteiger partial charge in [0.2, 0.25) is 0 Å². The molecule has 0 aliphatic rings. The van der Waals surface area contributed by atoms with Crippen LogP contribution < -0.4 is 12.4 Å². The van der Waals surface area contributed by atoms with E-state index in [4.69, 9.17) is 0 Å². The summed E-state index contributed by atoms with van der Waals surface area (Å²) >= 11 is 0. The van der Waals surface area contributed by atoms with Gasteiger partial charge >= 0.3 is 0 Å². The van der Waals surface area contributed by atoms with Crippen LogP contribution in [0.2, 0.25) is 0 Å². The molecule has 0 bridgehead atoms. The van der Waals surface area contributed by atoms with E-state index in [0.717, 1.165) is 0 Å². The maximum Gasteiger partial charge on any atom is 0.0842 e. The van der Waals surface area contributed by atoms with E-state index in [1.807, 2.05) is 0 Å². The van der Waals surface area contributed by atoms with Crippen LogP contribution in [0.25, 0.3) is 0 Å². The van der Waals surface area contributed by atoms with Crippen molar-refractivity contribution in [2.75, 3.05) is 18.5 Å². The van der Waals surface area contributed by atoms with Crippen LogP contribution in [-0.2, 0) is 6.16 Å². The highest BCUT2D eigenvalue weighted by Gasteiger charge is 2.35. The van der Waals surface area contributed by atoms with E-state index in [1.54, 1.807) is 24.0 Å². The first kappa shape index (κ1) is 34.9. The van der Waals surface area contributed by atoms with E-state index in [1.165, 1.54) is 135 Å². The summed E-state index contributed by atoms with van der Waals surface area (Å²) in [6, 6.07) is 11.6. The van der Waals surface area contributed by atoms with Crippen molar-refractivity contribution in [3.8, 4) is 0 Å². The van der Waals surface area contributed by atoms with Crippen molar-refractivity contribution in [3.63, 3.8) is 0 Å². The Morgan fingerprint density at radius 2 is 0.743 bits per heavy atom. The van der Waals surface area contributed by atoms with Gasteiger partial charge in [0.25, 0.3) is 0 Å². The average Bonchev–Trinajstić information content (AvgIpc) is 2.86. The molecule has 0 fully saturated rings. The Kier molecular flexibility index (Phi) is 25.5. The lowest BCUT2D eigenvalue weighted by Gasteiger charge is -2.28. The van der Waals surface area contributed by atoms with Crippen LogP contribution in [0.5, 0.6) is 0 Å². The van der Waals surface area contributed by atoms with Gasteiger partial charge < -0.3 is 12.4 Å². The molecule has 206 valence electrons. The Hall–Kier alpha value is -0.0600. The molecule has 0 spiro atoms. The summed E-state index contributed by atoms with van der Waals surface area (Å²) in [5, 5.41) is 0. The molecule has 0 saturated carbocycles. The summed E-state index contributed by atoms with van der Waals surface area (Å²) in [6.07, 6.45) is 35.2. The Labute approximate surface area is 229 Å². The maximum absolute atomic E-state index is 2.42. The lowest BCUT2D eigenvalue weighted by molar-refractivity contribution is -0.00000760. The largest absolute Gasteiger partial charge is 1.00 e. The van der Waals surface area contributed by atoms with Crippen LogP contribution in [0.1, 0.15) is 155 Å². The fourth-order valence-corrected chi connectivity index (χ4v) is 10.4. The fourth-order valence-electron chi connectivity index (χ4n) is 5.58. The molecule has 0 radical (unpaired) electrons. The van der Waals surface area contributed by atoms with Crippen LogP contribution >= 0.6 is 7.26 Å². The van der Waals surface area contributed by atoms with Gasteiger partial charge in [-0.15, -0.1) is 0 Å². The van der Waals surface area contributed by atoms with Gasteiger partial charge in [0.1, 0.15) is 0 Å². The highest BCUT2D eigenvalue weighted by atomic mass is 35.5. The summed E-state index contributed by atoms with van der Waals surface area (Å²) < 4.78 is 0. The third-order valence-corrected chi connectivity index (χ3v) is 12.6. The number of benzene rings is 1. The molecule has 1 aromatic rings. The molecule has 0 unspecified atom stereocenters. The highest BCUT2D eigenvalue weighted by molar-refractivity contribution is 7.75. The van der Waals surface area contributed by atoms with Crippen LogP contribution in [0.3, 0.4) is 0 Å². The van der Waals surface area contributed by atoms with Crippen molar-refractivity contribution in [1.29, 1.82) is 0 Å². The first-order valence-corrected chi connectivity index (χ1v) is 18.2. The van der Waals surface area contributed by atoms with Gasteiger partial charge in [-0.2, -0.15) is 0 Å². The van der Waals surface area contributed by atoms with Gasteiger partial charge in [0, 0.05) is 7.26 Å². The summed E-state index contributed by atoms with van der Waals surface area (Å²) in [4.78, 5) is 0. The predicted octanol–water partition coefficient (Wildman–Crippen LogP) is 9.07. The van der Waals surface area contributed by atoms with Crippen LogP contribution in [-0.4, -0.2) is 18.5 Å². The molecule has 2 heteroatoms. The second-order valence-corrected chi connectivity index (χ2v) is 15.5. The van der Waals surface area contributed by atoms with Gasteiger partial charge in [-0.3, -0.25) is 0 Å². The average molecular weight is 525 g/mol. The Morgan fingerprint density at radius 3 is 1.09 bits per heavy atom. The minimum atomic E-state index is -0.895. The Morgan fingerprint density at radius 1 is 0.429 bits per heavy atom. The Bertz CT molecular complexity index is 513. The molecular weight excluding hydrogens is 463 g/mol. The highest BCUT2D eigenvalue weighted by Crippen LogP contribution is 2.63. The number of unbranched alkanes of at least 4 members (excludes halogenated alkanes) is 17. The van der Waals surface area contributed by atoms with E-state index < -0.39 is 7.26 Å². The lowest BCUT2D eigenvalue weighted by atomic mass is 10.1. The van der Waals surface area contributed by atoms with Crippen molar-refractivity contribution < 1.29 is 12.4 Å². The summed E-state index contributed by atoms with van der Waals surface area (Å²) in [5.41, 5.74) is 1.63. The topological polar surface area (TPSA) is 0 Å². The summed E-state index contributed by atoms with van der Waals surface area (Å²) in [7, 11) is -0.895. The monoisotopic (exact) mass is 524 g/mol.